The highest BCUT2D eigenvalue weighted by molar-refractivity contribution is 7.90. The second-order valence-electron chi connectivity index (χ2n) is 6.33. The zero-order valence-corrected chi connectivity index (χ0v) is 17.3. The average Bonchev–Trinajstić information content (AvgIpc) is 2.94. The summed E-state index contributed by atoms with van der Waals surface area (Å²) in [6, 6.07) is 9.82. The Hall–Kier alpha value is -2.98. The lowest BCUT2D eigenvalue weighted by Gasteiger charge is -2.14. The van der Waals surface area contributed by atoms with Crippen molar-refractivity contribution in [2.45, 2.75) is 24.3 Å². The van der Waals surface area contributed by atoms with E-state index in [4.69, 9.17) is 16.3 Å². The molecule has 3 rings (SSSR count). The maximum Gasteiger partial charge on any atom is 0.308 e. The normalized spacial score (nSPS) is 16.4. The number of sulfonamides is 1. The van der Waals surface area contributed by atoms with Crippen molar-refractivity contribution in [3.05, 3.63) is 58.9 Å². The van der Waals surface area contributed by atoms with Crippen LogP contribution in [0.1, 0.15) is 18.9 Å². The van der Waals surface area contributed by atoms with E-state index in [9.17, 15) is 22.4 Å². The van der Waals surface area contributed by atoms with Gasteiger partial charge in [-0.05, 0) is 37.3 Å². The Bertz CT molecular complexity index is 1140. The third-order valence-corrected chi connectivity index (χ3v) is 5.82. The first-order chi connectivity index (χ1) is 14.2. The lowest BCUT2D eigenvalue weighted by Crippen LogP contribution is -2.30. The lowest BCUT2D eigenvalue weighted by atomic mass is 10.2. The Morgan fingerprint density at radius 1 is 1.27 bits per heavy atom. The fourth-order valence-electron chi connectivity index (χ4n) is 2.65. The summed E-state index contributed by atoms with van der Waals surface area (Å²) >= 11 is 5.84. The summed E-state index contributed by atoms with van der Waals surface area (Å²) in [5.74, 6) is -1.73. The molecule has 0 aliphatic carbocycles. The second-order valence-corrected chi connectivity index (χ2v) is 8.39. The van der Waals surface area contributed by atoms with Crippen molar-refractivity contribution in [3.8, 4) is 0 Å². The summed E-state index contributed by atoms with van der Waals surface area (Å²) in [7, 11) is -3.66. The van der Waals surface area contributed by atoms with Gasteiger partial charge in [0.05, 0.1) is 28.6 Å². The van der Waals surface area contributed by atoms with Crippen molar-refractivity contribution in [3.63, 3.8) is 0 Å². The molecular weight excluding hydrogens is 437 g/mol. The molecule has 0 spiro atoms. The molecule has 0 saturated heterocycles. The number of esters is 1. The van der Waals surface area contributed by atoms with Crippen molar-refractivity contribution in [2.24, 2.45) is 4.99 Å². The highest BCUT2D eigenvalue weighted by Crippen LogP contribution is 2.23. The first kappa shape index (κ1) is 21.7. The fraction of sp³-hybridized carbons (Fsp3) is 0.211. The van der Waals surface area contributed by atoms with Crippen molar-refractivity contribution in [1.29, 1.82) is 0 Å². The maximum atomic E-state index is 13.1. The van der Waals surface area contributed by atoms with Gasteiger partial charge < -0.3 is 10.1 Å². The number of hydrogen-bond acceptors (Lipinski definition) is 6. The maximum absolute atomic E-state index is 13.1. The Balaban J connectivity index is 1.53. The van der Waals surface area contributed by atoms with Crippen LogP contribution in [-0.2, 0) is 24.3 Å². The number of fused-ring (bicyclic) bond motifs is 1. The van der Waals surface area contributed by atoms with E-state index in [1.54, 1.807) is 18.2 Å². The molecule has 1 aliphatic heterocycles. The van der Waals surface area contributed by atoms with Crippen LogP contribution in [0, 0.1) is 5.82 Å². The summed E-state index contributed by atoms with van der Waals surface area (Å²) in [6.45, 7) is 1.33. The van der Waals surface area contributed by atoms with E-state index in [0.29, 0.717) is 5.56 Å². The summed E-state index contributed by atoms with van der Waals surface area (Å²) in [6.07, 6.45) is -1.29. The number of benzene rings is 2. The molecule has 30 heavy (non-hydrogen) atoms. The number of halogens is 2. The molecule has 0 saturated carbocycles. The van der Waals surface area contributed by atoms with Crippen LogP contribution in [0.3, 0.4) is 0 Å². The van der Waals surface area contributed by atoms with Crippen LogP contribution in [-0.4, -0.2) is 38.8 Å². The van der Waals surface area contributed by atoms with Crippen LogP contribution >= 0.6 is 11.6 Å². The molecule has 0 unspecified atom stereocenters. The number of carbonyl (C=O) groups is 2. The predicted octanol–water partition coefficient (Wildman–Crippen LogP) is 2.48. The molecule has 1 heterocycles. The number of nitrogens with zero attached hydrogens (tertiary/aromatic N) is 1. The third-order valence-electron chi connectivity index (χ3n) is 4.12. The van der Waals surface area contributed by atoms with Gasteiger partial charge in [0.1, 0.15) is 11.7 Å². The first-order valence-electron chi connectivity index (χ1n) is 8.79. The molecule has 1 atom stereocenters. The lowest BCUT2D eigenvalue weighted by molar-refractivity contribution is -0.152. The molecule has 2 aromatic carbocycles. The predicted molar refractivity (Wildman–Crippen MR) is 108 cm³/mol. The molecule has 1 amide bonds. The van der Waals surface area contributed by atoms with E-state index >= 15 is 0 Å². The van der Waals surface area contributed by atoms with Gasteiger partial charge in [-0.3, -0.25) is 19.3 Å². The minimum absolute atomic E-state index is 0.0111. The number of rotatable bonds is 6. The number of anilines is 1. The molecule has 0 aromatic heterocycles. The monoisotopic (exact) mass is 453 g/mol. The topological polar surface area (TPSA) is 114 Å². The van der Waals surface area contributed by atoms with Gasteiger partial charge in [-0.1, -0.05) is 23.7 Å². The standard InChI is InChI=1S/C19H17ClFN3O5S/c1-11(19(26)23-15-7-6-12(21)10-14(15)20)29-17(25)8-9-22-18-13-4-2-3-5-16(13)30(27,28)24-18/h2-7,10-11H,8-9H2,1H3,(H,22,24)(H,23,26)/t11-/m1/s1. The van der Waals surface area contributed by atoms with Crippen molar-refractivity contribution in [1.82, 2.24) is 4.72 Å². The van der Waals surface area contributed by atoms with Gasteiger partial charge in [-0.2, -0.15) is 0 Å². The van der Waals surface area contributed by atoms with Crippen LogP contribution in [0.15, 0.2) is 52.4 Å². The number of aliphatic imine (C=N–C) groups is 1. The molecule has 0 bridgehead atoms. The fourth-order valence-corrected chi connectivity index (χ4v) is 4.11. The first-order valence-corrected chi connectivity index (χ1v) is 10.7. The van der Waals surface area contributed by atoms with E-state index in [1.807, 2.05) is 0 Å². The van der Waals surface area contributed by atoms with Crippen LogP contribution in [0.5, 0.6) is 0 Å². The summed E-state index contributed by atoms with van der Waals surface area (Å²) in [4.78, 5) is 28.3. The molecular formula is C19H17ClFN3O5S. The zero-order valence-electron chi connectivity index (χ0n) is 15.7. The average molecular weight is 454 g/mol. The molecule has 1 aliphatic rings. The molecule has 0 radical (unpaired) electrons. The van der Waals surface area contributed by atoms with Gasteiger partial charge in [0, 0.05) is 5.56 Å². The SMILES string of the molecule is C[C@@H](OC(=O)CCN=C1NS(=O)(=O)c2ccccc21)C(=O)Nc1ccc(F)cc1Cl. The number of amides is 1. The van der Waals surface area contributed by atoms with Gasteiger partial charge in [0.2, 0.25) is 0 Å². The Morgan fingerprint density at radius 2 is 2.00 bits per heavy atom. The number of carbonyl (C=O) groups excluding carboxylic acids is 2. The number of nitrogens with one attached hydrogen (secondary N) is 2. The Kier molecular flexibility index (Phi) is 6.37. The number of amidine groups is 1. The van der Waals surface area contributed by atoms with Gasteiger partial charge in [0.15, 0.2) is 6.10 Å². The highest BCUT2D eigenvalue weighted by Gasteiger charge is 2.30. The summed E-state index contributed by atoms with van der Waals surface area (Å²) < 4.78 is 44.5. The summed E-state index contributed by atoms with van der Waals surface area (Å²) in [5, 5.41) is 2.46. The van der Waals surface area contributed by atoms with Crippen LogP contribution < -0.4 is 10.0 Å². The van der Waals surface area contributed by atoms with Crippen LogP contribution in [0.2, 0.25) is 5.02 Å². The van der Waals surface area contributed by atoms with Crippen molar-refractivity contribution >= 4 is 45.0 Å². The minimum Gasteiger partial charge on any atom is -0.452 e. The highest BCUT2D eigenvalue weighted by atomic mass is 35.5. The van der Waals surface area contributed by atoms with E-state index in [-0.39, 0.29) is 34.4 Å². The molecule has 11 heteroatoms. The Labute approximate surface area is 177 Å². The van der Waals surface area contributed by atoms with Crippen molar-refractivity contribution < 1.29 is 27.1 Å². The molecule has 2 N–H and O–H groups in total. The van der Waals surface area contributed by atoms with E-state index in [0.717, 1.165) is 12.1 Å². The zero-order chi connectivity index (χ0) is 21.9. The van der Waals surface area contributed by atoms with Gasteiger partial charge >= 0.3 is 5.97 Å². The minimum atomic E-state index is -3.66. The number of ether oxygens (including phenoxy) is 1. The van der Waals surface area contributed by atoms with Crippen molar-refractivity contribution in [2.75, 3.05) is 11.9 Å². The van der Waals surface area contributed by atoms with Crippen LogP contribution in [0.25, 0.3) is 0 Å². The Morgan fingerprint density at radius 3 is 2.73 bits per heavy atom. The van der Waals surface area contributed by atoms with Gasteiger partial charge in [-0.15, -0.1) is 0 Å². The van der Waals surface area contributed by atoms with Gasteiger partial charge in [0.25, 0.3) is 15.9 Å². The third kappa shape index (κ3) is 4.95. The van der Waals surface area contributed by atoms with Gasteiger partial charge in [-0.25, -0.2) is 12.8 Å². The van der Waals surface area contributed by atoms with E-state index in [1.165, 1.54) is 19.1 Å². The molecule has 8 nitrogen and oxygen atoms in total. The molecule has 2 aromatic rings. The molecule has 0 fully saturated rings. The summed E-state index contributed by atoms with van der Waals surface area (Å²) in [5.41, 5.74) is 0.610. The number of hydrogen-bond donors (Lipinski definition) is 2. The second kappa shape index (κ2) is 8.80. The smallest absolute Gasteiger partial charge is 0.308 e. The van der Waals surface area contributed by atoms with E-state index < -0.39 is 33.8 Å². The quantitative estimate of drug-likeness (QED) is 0.652. The van der Waals surface area contributed by atoms with Crippen LogP contribution in [0.4, 0.5) is 10.1 Å². The molecule has 158 valence electrons. The van der Waals surface area contributed by atoms with E-state index in [2.05, 4.69) is 15.0 Å². The largest absolute Gasteiger partial charge is 0.452 e.